The number of allylic oxidation sites excluding steroid dienone is 8. The monoisotopic (exact) mass is 823 g/mol. The van der Waals surface area contributed by atoms with Crippen LogP contribution < -0.4 is 0 Å². The molecule has 3 aromatic rings. The van der Waals surface area contributed by atoms with Gasteiger partial charge in [0, 0.05) is 0 Å². The summed E-state index contributed by atoms with van der Waals surface area (Å²) in [5, 5.41) is 2.57. The molecule has 2 aromatic carbocycles. The van der Waals surface area contributed by atoms with Crippen molar-refractivity contribution in [1.29, 1.82) is 0 Å². The van der Waals surface area contributed by atoms with Crippen LogP contribution in [0.4, 0.5) is 0 Å². The standard InChI is InChI=1S/C13H9N.2C7H8.2ClH.2Pt/c1-14-12-8-4-2-6-10(12)11-7-3-5-9-13(11)14;2*1-2-7-4-3-6(1)5-7;;;;/h2-3,6-9H,1H3;2*1-4,6-7H,5H2;2*1H;;/q-2;;;;;2*+2/p-2. The Morgan fingerprint density at radius 2 is 0.969 bits per heavy atom. The first-order valence-corrected chi connectivity index (χ1v) is 16.1. The number of halogens is 2. The predicted octanol–water partition coefficient (Wildman–Crippen LogP) is 7.80. The number of fused-ring (bicyclic) bond motifs is 7. The molecule has 4 aliphatic carbocycles. The summed E-state index contributed by atoms with van der Waals surface area (Å²) in [6, 6.07) is 18.4. The van der Waals surface area contributed by atoms with Gasteiger partial charge in [0.05, 0.1) is 0 Å². The van der Waals surface area contributed by atoms with Gasteiger partial charge in [-0.05, 0) is 43.6 Å². The van der Waals surface area contributed by atoms with E-state index >= 15 is 0 Å². The minimum absolute atomic E-state index is 0.810. The van der Waals surface area contributed by atoms with Crippen LogP contribution in [0.25, 0.3) is 21.8 Å². The van der Waals surface area contributed by atoms with Gasteiger partial charge in [-0.15, -0.1) is 10.8 Å². The van der Waals surface area contributed by atoms with Gasteiger partial charge in [0.1, 0.15) is 0 Å². The van der Waals surface area contributed by atoms with E-state index in [4.69, 9.17) is 0 Å². The van der Waals surface area contributed by atoms with Gasteiger partial charge in [-0.2, -0.15) is 48.5 Å². The predicted molar refractivity (Wildman–Crippen MR) is 130 cm³/mol. The Bertz CT molecular complexity index is 986. The van der Waals surface area contributed by atoms with E-state index in [0.717, 1.165) is 23.7 Å². The van der Waals surface area contributed by atoms with Crippen LogP contribution in [0.5, 0.6) is 0 Å². The summed E-state index contributed by atoms with van der Waals surface area (Å²) < 4.78 is 2.18. The van der Waals surface area contributed by atoms with E-state index in [0.29, 0.717) is 0 Å². The number of aryl methyl sites for hydroxylation is 1. The van der Waals surface area contributed by atoms with E-state index in [2.05, 4.69) is 103 Å². The Balaban J connectivity index is 0.000000136. The molecule has 4 aliphatic rings. The van der Waals surface area contributed by atoms with Crippen LogP contribution in [0.2, 0.25) is 0 Å². The first-order chi connectivity index (χ1) is 15.8. The number of aromatic nitrogens is 1. The average Bonchev–Trinajstić information content (AvgIpc) is 3.72. The molecule has 1 heterocycles. The van der Waals surface area contributed by atoms with Gasteiger partial charge in [0.15, 0.2) is 0 Å². The zero-order valence-corrected chi connectivity index (χ0v) is 23.7. The van der Waals surface area contributed by atoms with Crippen LogP contribution in [0, 0.1) is 35.8 Å². The van der Waals surface area contributed by atoms with E-state index in [1.807, 2.05) is 24.3 Å². The van der Waals surface area contributed by atoms with Gasteiger partial charge in [-0.25, -0.2) is 0 Å². The minimum atomic E-state index is 0.810. The molecule has 0 unspecified atom stereocenters. The second-order valence-electron chi connectivity index (χ2n) is 8.11. The molecule has 0 saturated heterocycles. The topological polar surface area (TPSA) is 4.93 Å². The van der Waals surface area contributed by atoms with Crippen molar-refractivity contribution in [3.05, 3.63) is 97.1 Å². The van der Waals surface area contributed by atoms with Crippen molar-refractivity contribution >= 4 is 40.6 Å². The van der Waals surface area contributed by atoms with Crippen molar-refractivity contribution in [2.45, 2.75) is 12.8 Å². The fourth-order valence-electron chi connectivity index (χ4n) is 4.64. The second-order valence-corrected chi connectivity index (χ2v) is 8.11. The summed E-state index contributed by atoms with van der Waals surface area (Å²) >= 11 is 3.22. The third kappa shape index (κ3) is 6.18. The quantitative estimate of drug-likeness (QED) is 0.161. The van der Waals surface area contributed by atoms with Crippen molar-refractivity contribution in [2.75, 3.05) is 0 Å². The van der Waals surface area contributed by atoms with Gasteiger partial charge in [-0.1, -0.05) is 59.6 Å². The van der Waals surface area contributed by atoms with Gasteiger partial charge in [-0.3, -0.25) is 0 Å². The first kappa shape index (κ1) is 25.8. The van der Waals surface area contributed by atoms with Gasteiger partial charge in [0.25, 0.3) is 0 Å². The molecule has 172 valence electrons. The molecule has 1 aromatic heterocycles. The van der Waals surface area contributed by atoms with Gasteiger partial charge in [0.2, 0.25) is 0 Å². The summed E-state index contributed by atoms with van der Waals surface area (Å²) in [5.74, 6) is 3.24. The molecular formula is C27H25Cl2NPt2. The molecule has 0 atom stereocenters. The van der Waals surface area contributed by atoms with Crippen LogP contribution in [0.3, 0.4) is 0 Å². The Kier molecular flexibility index (Phi) is 10.6. The summed E-state index contributed by atoms with van der Waals surface area (Å²) in [7, 11) is 11.3. The summed E-state index contributed by atoms with van der Waals surface area (Å²) in [6.45, 7) is 0. The maximum atomic E-state index is 4.61. The van der Waals surface area contributed by atoms with Crippen LogP contribution in [-0.4, -0.2) is 4.57 Å². The number of hydrogen-bond donors (Lipinski definition) is 0. The van der Waals surface area contributed by atoms with Crippen molar-refractivity contribution < 1.29 is 37.5 Å². The van der Waals surface area contributed by atoms with Crippen molar-refractivity contribution in [3.8, 4) is 0 Å². The Hall–Kier alpha value is -0.843. The third-order valence-corrected chi connectivity index (χ3v) is 6.21. The fraction of sp³-hybridized carbons (Fsp3) is 0.259. The van der Waals surface area contributed by atoms with E-state index < -0.39 is 0 Å². The molecule has 0 spiro atoms. The molecule has 0 aliphatic heterocycles. The Labute approximate surface area is 221 Å². The van der Waals surface area contributed by atoms with Crippen LogP contribution >= 0.6 is 18.8 Å². The zero-order chi connectivity index (χ0) is 22.9. The normalized spacial score (nSPS) is 24.3. The summed E-state index contributed by atoms with van der Waals surface area (Å²) in [5.41, 5.74) is 2.45. The average molecular weight is 825 g/mol. The van der Waals surface area contributed by atoms with E-state index in [1.165, 1.54) is 34.6 Å². The molecule has 0 saturated carbocycles. The van der Waals surface area contributed by atoms with Crippen molar-refractivity contribution in [2.24, 2.45) is 30.7 Å². The number of hydrogen-bond acceptors (Lipinski definition) is 0. The van der Waals surface area contributed by atoms with E-state index in [-0.39, 0.29) is 0 Å². The summed E-state index contributed by atoms with van der Waals surface area (Å²) in [4.78, 5) is 0. The zero-order valence-electron chi connectivity index (χ0n) is 17.6. The molecule has 0 amide bonds. The first-order valence-electron chi connectivity index (χ1n) is 10.5. The molecule has 7 rings (SSSR count). The second kappa shape index (κ2) is 13.1. The Morgan fingerprint density at radius 1 is 0.656 bits per heavy atom. The van der Waals surface area contributed by atoms with Gasteiger partial charge >= 0.3 is 56.4 Å². The Morgan fingerprint density at radius 3 is 1.22 bits per heavy atom. The molecule has 4 bridgehead atoms. The van der Waals surface area contributed by atoms with E-state index in [9.17, 15) is 0 Å². The molecule has 0 fully saturated rings. The van der Waals surface area contributed by atoms with Crippen molar-refractivity contribution in [3.63, 3.8) is 0 Å². The van der Waals surface area contributed by atoms with Crippen LogP contribution in [0.15, 0.2) is 85.0 Å². The van der Waals surface area contributed by atoms with Crippen LogP contribution in [0.1, 0.15) is 12.8 Å². The molecule has 0 radical (unpaired) electrons. The van der Waals surface area contributed by atoms with Crippen LogP contribution in [-0.2, 0) is 44.6 Å². The molecule has 0 N–H and O–H groups in total. The number of nitrogens with zero attached hydrogens (tertiary/aromatic N) is 1. The summed E-state index contributed by atoms with van der Waals surface area (Å²) in [6.07, 6.45) is 21.1. The fourth-order valence-corrected chi connectivity index (χ4v) is 4.64. The number of rotatable bonds is 0. The maximum absolute atomic E-state index is 4.61. The molecule has 5 heteroatoms. The SMILES string of the molecule is C1=CC2C=CC1C2.C1=CC2C=CC1C2.Cn1c2c[c-]ccc2c2cc[c-]cc21.[Cl][Pt+].[Cl][Pt+]. The third-order valence-electron chi connectivity index (χ3n) is 6.21. The molecule has 32 heavy (non-hydrogen) atoms. The van der Waals surface area contributed by atoms with Crippen molar-refractivity contribution in [1.82, 2.24) is 4.57 Å². The molecular weight excluding hydrogens is 799 g/mol. The molecule has 1 nitrogen and oxygen atoms in total. The van der Waals surface area contributed by atoms with E-state index in [1.54, 1.807) is 37.5 Å². The van der Waals surface area contributed by atoms with Gasteiger partial charge < -0.3 is 4.57 Å². The number of benzene rings is 2.